The van der Waals surface area contributed by atoms with Crippen molar-refractivity contribution in [2.75, 3.05) is 18.6 Å². The maximum Gasteiger partial charge on any atom is 0.326 e. The first-order valence-electron chi connectivity index (χ1n) is 24.3. The summed E-state index contributed by atoms with van der Waals surface area (Å²) < 4.78 is 0. The number of nitrogens with two attached hydrogens (primary N) is 4. The van der Waals surface area contributed by atoms with Crippen LogP contribution in [0.25, 0.3) is 0 Å². The molecule has 0 aliphatic heterocycles. The van der Waals surface area contributed by atoms with Crippen molar-refractivity contribution >= 4 is 88.6 Å². The number of carboxylic acid groups (broad SMARTS) is 1. The van der Waals surface area contributed by atoms with E-state index >= 15 is 0 Å². The maximum absolute atomic E-state index is 13.8. The molecule has 432 valence electrons. The monoisotopic (exact) mass is 1110 g/mol. The zero-order chi connectivity index (χ0) is 58.7. The van der Waals surface area contributed by atoms with Crippen molar-refractivity contribution in [2.24, 2.45) is 34.8 Å². The molecule has 0 aliphatic carbocycles. The second-order valence-electron chi connectivity index (χ2n) is 18.9. The molecule has 0 aliphatic rings. The Morgan fingerprint density at radius 2 is 0.816 bits per heavy atom. The molecule has 12 atom stereocenters. The molecule has 0 fully saturated rings. The Bertz CT molecular complexity index is 2050. The summed E-state index contributed by atoms with van der Waals surface area (Å²) >= 11 is 1.32. The summed E-state index contributed by atoms with van der Waals surface area (Å²) in [6.07, 6.45) is -4.05. The van der Waals surface area contributed by atoms with Gasteiger partial charge in [0.25, 0.3) is 0 Å². The number of thioether (sulfide) groups is 1. The van der Waals surface area contributed by atoms with Crippen molar-refractivity contribution in [1.82, 2.24) is 47.9 Å². The Kier molecular flexibility index (Phi) is 31.7. The topological polar surface area (TPSA) is 515 Å². The van der Waals surface area contributed by atoms with Crippen LogP contribution in [0.3, 0.4) is 0 Å². The van der Waals surface area contributed by atoms with E-state index in [0.29, 0.717) is 12.2 Å². The zero-order valence-corrected chi connectivity index (χ0v) is 44.8. The number of carbonyl (C=O) groups excluding carboxylic acids is 12. The number of carboxylic acids is 1. The molecule has 12 amide bonds. The van der Waals surface area contributed by atoms with E-state index in [9.17, 15) is 82.8 Å². The third kappa shape index (κ3) is 26.7. The third-order valence-corrected chi connectivity index (χ3v) is 11.6. The summed E-state index contributed by atoms with van der Waals surface area (Å²) in [5, 5.41) is 60.9. The molecule has 31 heteroatoms. The lowest BCUT2D eigenvalue weighted by molar-refractivity contribution is -0.144. The highest BCUT2D eigenvalue weighted by Crippen LogP contribution is 2.11. The summed E-state index contributed by atoms with van der Waals surface area (Å²) in [6.45, 7) is 9.39. The number of aliphatic hydroxyl groups is 3. The van der Waals surface area contributed by atoms with Gasteiger partial charge < -0.3 is 91.2 Å². The second-order valence-corrected chi connectivity index (χ2v) is 19.9. The lowest BCUT2D eigenvalue weighted by atomic mass is 10.00. The first-order valence-corrected chi connectivity index (χ1v) is 25.7. The van der Waals surface area contributed by atoms with Crippen molar-refractivity contribution in [1.29, 1.82) is 0 Å². The predicted molar refractivity (Wildman–Crippen MR) is 272 cm³/mol. The van der Waals surface area contributed by atoms with Crippen LogP contribution in [0.4, 0.5) is 0 Å². The Morgan fingerprint density at radius 3 is 1.21 bits per heavy atom. The number of carbonyl (C=O) groups is 13. The van der Waals surface area contributed by atoms with Gasteiger partial charge in [0.2, 0.25) is 70.9 Å². The Hall–Kier alpha value is -6.70. The van der Waals surface area contributed by atoms with Crippen LogP contribution in [-0.4, -0.2) is 189 Å². The Balaban J connectivity index is 6.41. The molecule has 30 nitrogen and oxygen atoms in total. The van der Waals surface area contributed by atoms with Crippen LogP contribution in [0.5, 0.6) is 0 Å². The summed E-state index contributed by atoms with van der Waals surface area (Å²) in [5.41, 5.74) is 21.7. The van der Waals surface area contributed by atoms with Crippen molar-refractivity contribution in [3.05, 3.63) is 0 Å². The van der Waals surface area contributed by atoms with Crippen LogP contribution >= 0.6 is 11.8 Å². The summed E-state index contributed by atoms with van der Waals surface area (Å²) in [4.78, 5) is 167. The van der Waals surface area contributed by atoms with Crippen molar-refractivity contribution in [3.63, 3.8) is 0 Å². The lowest BCUT2D eigenvalue weighted by Gasteiger charge is -2.28. The van der Waals surface area contributed by atoms with E-state index in [4.69, 9.17) is 22.9 Å². The van der Waals surface area contributed by atoms with E-state index in [1.54, 1.807) is 6.26 Å². The van der Waals surface area contributed by atoms with Crippen molar-refractivity contribution in [3.8, 4) is 0 Å². The standard InChI is InChI=1S/C45H79N13O17S/c1-19(2)15-24(46)37(66)54-28(16-20(3)4)41(70)52-27(13-14-76-8)40(69)51-26(10-12-32(48)63)39(68)56-30(18-59)42(71)58-35(23(7)61)43(72)53-25(9-11-31(47)62)38(67)50-21(5)36(65)57-34(22(6)60)44(73)55-29(45(74)75)17-33(49)64/h19-30,34-35,59-61H,9-18,46H2,1-8H3,(H2,47,62)(H2,48,63)(H2,49,64)(H,50,67)(H,51,69)(H,52,70)(H,53,72)(H,54,66)(H,55,73)(H,56,68)(H,57,65)(H,58,71)(H,74,75)/t21-,22+,23+,24-,25-,26-,27-,28-,29-,30-,34-,35-/m0/s1. The van der Waals surface area contributed by atoms with Crippen LogP contribution in [0.15, 0.2) is 0 Å². The highest BCUT2D eigenvalue weighted by atomic mass is 32.2. The number of nitrogens with one attached hydrogen (secondary N) is 9. The van der Waals surface area contributed by atoms with Gasteiger partial charge in [-0.15, -0.1) is 0 Å². The fraction of sp³-hybridized carbons (Fsp3) is 0.711. The normalized spacial score (nSPS) is 15.9. The molecular weight excluding hydrogens is 1030 g/mol. The lowest BCUT2D eigenvalue weighted by Crippen LogP contribution is -2.62. The molecule has 0 aromatic heterocycles. The van der Waals surface area contributed by atoms with Gasteiger partial charge in [-0.25, -0.2) is 4.79 Å². The van der Waals surface area contributed by atoms with Crippen molar-refractivity contribution in [2.45, 2.75) is 172 Å². The number of amides is 12. The van der Waals surface area contributed by atoms with Gasteiger partial charge in [-0.2, -0.15) is 11.8 Å². The van der Waals surface area contributed by atoms with Gasteiger partial charge >= 0.3 is 5.97 Å². The maximum atomic E-state index is 13.8. The van der Waals surface area contributed by atoms with Crippen LogP contribution in [0, 0.1) is 11.8 Å². The van der Waals surface area contributed by atoms with E-state index < -0.39 is 188 Å². The molecule has 0 bridgehead atoms. The van der Waals surface area contributed by atoms with Gasteiger partial charge in [-0.3, -0.25) is 57.5 Å². The first kappa shape index (κ1) is 69.3. The number of rotatable bonds is 37. The minimum atomic E-state index is -1.97. The minimum Gasteiger partial charge on any atom is -0.480 e. The quantitative estimate of drug-likeness (QED) is 0.0275. The molecule has 21 N–H and O–H groups in total. The number of hydrogen-bond donors (Lipinski definition) is 17. The van der Waals surface area contributed by atoms with Gasteiger partial charge in [0.05, 0.1) is 31.3 Å². The summed E-state index contributed by atoms with van der Waals surface area (Å²) in [7, 11) is 0. The highest BCUT2D eigenvalue weighted by molar-refractivity contribution is 7.98. The average Bonchev–Trinajstić information content (AvgIpc) is 3.30. The fourth-order valence-electron chi connectivity index (χ4n) is 6.87. The molecule has 0 saturated heterocycles. The minimum absolute atomic E-state index is 0.0200. The number of hydrogen-bond acceptors (Lipinski definition) is 18. The van der Waals surface area contributed by atoms with Gasteiger partial charge in [-0.05, 0) is 76.7 Å². The predicted octanol–water partition coefficient (Wildman–Crippen LogP) is -7.21. The molecule has 0 heterocycles. The third-order valence-electron chi connectivity index (χ3n) is 11.0. The molecule has 0 rings (SSSR count). The van der Waals surface area contributed by atoms with Crippen LogP contribution in [0.1, 0.15) is 99.8 Å². The van der Waals surface area contributed by atoms with Gasteiger partial charge in [-0.1, -0.05) is 27.7 Å². The van der Waals surface area contributed by atoms with E-state index in [1.807, 2.05) is 33.0 Å². The first-order chi connectivity index (χ1) is 35.3. The fourth-order valence-corrected chi connectivity index (χ4v) is 7.34. The Labute approximate surface area is 444 Å². The van der Waals surface area contributed by atoms with Crippen molar-refractivity contribution < 1.29 is 82.8 Å². The Morgan fingerprint density at radius 1 is 0.447 bits per heavy atom. The van der Waals surface area contributed by atoms with E-state index in [1.165, 1.54) is 11.8 Å². The number of aliphatic carboxylic acids is 1. The average molecular weight is 1110 g/mol. The van der Waals surface area contributed by atoms with E-state index in [0.717, 1.165) is 20.8 Å². The smallest absolute Gasteiger partial charge is 0.326 e. The highest BCUT2D eigenvalue weighted by Gasteiger charge is 2.37. The second kappa shape index (κ2) is 34.8. The molecule has 0 spiro atoms. The van der Waals surface area contributed by atoms with Gasteiger partial charge in [0.1, 0.15) is 54.4 Å². The van der Waals surface area contributed by atoms with Crippen LogP contribution < -0.4 is 70.8 Å². The molecular formula is C45H79N13O17S. The number of aliphatic hydroxyl groups excluding tert-OH is 3. The molecule has 76 heavy (non-hydrogen) atoms. The number of primary amides is 3. The van der Waals surface area contributed by atoms with Gasteiger partial charge in [0.15, 0.2) is 0 Å². The van der Waals surface area contributed by atoms with Gasteiger partial charge in [0, 0.05) is 12.8 Å². The van der Waals surface area contributed by atoms with Crippen LogP contribution in [-0.2, 0) is 62.3 Å². The summed E-state index contributed by atoms with van der Waals surface area (Å²) in [6, 6.07) is -15.9. The molecule has 0 aromatic carbocycles. The molecule has 0 aromatic rings. The van der Waals surface area contributed by atoms with Crippen LogP contribution in [0.2, 0.25) is 0 Å². The largest absolute Gasteiger partial charge is 0.480 e. The molecule has 0 radical (unpaired) electrons. The molecule has 0 unspecified atom stereocenters. The summed E-state index contributed by atoms with van der Waals surface area (Å²) in [5.74, 6) is -13.8. The van der Waals surface area contributed by atoms with E-state index in [2.05, 4.69) is 42.5 Å². The zero-order valence-electron chi connectivity index (χ0n) is 44.0. The molecule has 0 saturated carbocycles. The SMILES string of the molecule is CSCC[C@H](NC(=O)[C@H](CC(C)C)NC(=O)[C@@H](N)CC(C)C)C(=O)N[C@@H](CCC(N)=O)C(=O)N[C@@H](CO)C(=O)N[C@H](C(=O)N[C@@H](CCC(N)=O)C(=O)N[C@@H](C)C(=O)N[C@H](C(=O)N[C@@H](CC(N)=O)C(=O)O)[C@@H](C)O)[C@@H](C)O. The van der Waals surface area contributed by atoms with E-state index in [-0.39, 0.29) is 24.7 Å².